The number of thiazole rings is 1. The van der Waals surface area contributed by atoms with E-state index in [4.69, 9.17) is 11.6 Å². The van der Waals surface area contributed by atoms with E-state index in [-0.39, 0.29) is 23.0 Å². The summed E-state index contributed by atoms with van der Waals surface area (Å²) in [6.45, 7) is 0. The Morgan fingerprint density at radius 1 is 1.37 bits per heavy atom. The van der Waals surface area contributed by atoms with E-state index in [0.717, 1.165) is 15.8 Å². The first-order valence-corrected chi connectivity index (χ1v) is 10.3. The Labute approximate surface area is 169 Å². The summed E-state index contributed by atoms with van der Waals surface area (Å²) < 4.78 is 19.7. The highest BCUT2D eigenvalue weighted by Gasteiger charge is 2.33. The largest absolute Gasteiger partial charge is 0.325 e. The van der Waals surface area contributed by atoms with Crippen LogP contribution in [0.5, 0.6) is 0 Å². The van der Waals surface area contributed by atoms with Crippen molar-refractivity contribution in [3.63, 3.8) is 0 Å². The van der Waals surface area contributed by atoms with E-state index in [1.807, 2.05) is 16.9 Å². The lowest BCUT2D eigenvalue weighted by Crippen LogP contribution is -2.46. The Bertz CT molecular complexity index is 998. The molecule has 1 amide bonds. The van der Waals surface area contributed by atoms with E-state index in [9.17, 15) is 9.18 Å². The zero-order valence-electron chi connectivity index (χ0n) is 14.3. The first kappa shape index (κ1) is 18.6. The molecular weight excluding hydrogens is 407 g/mol. The molecule has 2 aromatic carbocycles. The predicted molar refractivity (Wildman–Crippen MR) is 109 cm³/mol. The molecule has 1 aliphatic rings. The van der Waals surface area contributed by atoms with Crippen LogP contribution in [-0.2, 0) is 4.79 Å². The molecule has 4 rings (SSSR count). The Balaban J connectivity index is 1.50. The molecule has 3 aromatic rings. The fourth-order valence-corrected chi connectivity index (χ4v) is 4.67. The number of halogens is 2. The first-order chi connectivity index (χ1) is 13.0. The van der Waals surface area contributed by atoms with Crippen LogP contribution >= 0.6 is 35.1 Å². The third-order valence-corrected chi connectivity index (χ3v) is 6.52. The molecule has 9 heteroatoms. The van der Waals surface area contributed by atoms with Gasteiger partial charge < -0.3 is 5.32 Å². The van der Waals surface area contributed by atoms with Crippen LogP contribution in [0.3, 0.4) is 0 Å². The van der Waals surface area contributed by atoms with Gasteiger partial charge in [0.1, 0.15) is 11.9 Å². The molecule has 27 heavy (non-hydrogen) atoms. The van der Waals surface area contributed by atoms with E-state index >= 15 is 0 Å². The molecule has 0 radical (unpaired) electrons. The monoisotopic (exact) mass is 422 g/mol. The third-order valence-electron chi connectivity index (χ3n) is 4.48. The lowest BCUT2D eigenvalue weighted by Gasteiger charge is -2.35. The Kier molecular flexibility index (Phi) is 5.34. The van der Waals surface area contributed by atoms with Crippen molar-refractivity contribution in [2.45, 2.75) is 18.5 Å². The number of hydrogen-bond acceptors (Lipinski definition) is 6. The number of nitrogens with one attached hydrogen (secondary N) is 2. The second-order valence-corrected chi connectivity index (χ2v) is 8.54. The molecule has 2 unspecified atom stereocenters. The van der Waals surface area contributed by atoms with Crippen molar-refractivity contribution in [3.8, 4) is 0 Å². The summed E-state index contributed by atoms with van der Waals surface area (Å²) in [5, 5.41) is 2.81. The second kappa shape index (κ2) is 7.73. The highest BCUT2D eigenvalue weighted by Crippen LogP contribution is 2.33. The summed E-state index contributed by atoms with van der Waals surface area (Å²) in [5.74, 6) is -0.671. The number of rotatable bonds is 3. The molecule has 0 spiro atoms. The SMILES string of the molecule is CN1SNC(c2ccc3scnc3c2)CC1C(=O)Nc1ccc(F)c(Cl)c1. The van der Waals surface area contributed by atoms with E-state index in [2.05, 4.69) is 33.2 Å². The zero-order chi connectivity index (χ0) is 19.0. The maximum atomic E-state index is 13.3. The van der Waals surface area contributed by atoms with Crippen molar-refractivity contribution >= 4 is 56.9 Å². The van der Waals surface area contributed by atoms with Gasteiger partial charge in [0.2, 0.25) is 5.91 Å². The van der Waals surface area contributed by atoms with E-state index in [0.29, 0.717) is 12.1 Å². The third kappa shape index (κ3) is 3.95. The molecule has 2 heterocycles. The topological polar surface area (TPSA) is 57.3 Å². The summed E-state index contributed by atoms with van der Waals surface area (Å²) in [5.41, 5.74) is 4.36. The molecule has 0 bridgehead atoms. The Morgan fingerprint density at radius 3 is 3.04 bits per heavy atom. The lowest BCUT2D eigenvalue weighted by molar-refractivity contribution is -0.119. The standard InChI is InChI=1S/C18H16ClFN4OS2/c1-24-16(18(25)22-11-3-4-13(20)12(19)7-11)8-14(23-27-24)10-2-5-17-15(6-10)21-9-26-17/h2-7,9,14,16,23H,8H2,1H3,(H,22,25). The fourth-order valence-electron chi connectivity index (χ4n) is 3.00. The number of carbonyl (C=O) groups is 1. The molecule has 2 N–H and O–H groups in total. The summed E-state index contributed by atoms with van der Waals surface area (Å²) in [7, 11) is 1.86. The number of anilines is 1. The number of benzene rings is 2. The Hall–Kier alpha value is -1.71. The predicted octanol–water partition coefficient (Wildman–Crippen LogP) is 4.63. The summed E-state index contributed by atoms with van der Waals surface area (Å²) >= 11 is 8.80. The molecule has 5 nitrogen and oxygen atoms in total. The molecule has 1 fully saturated rings. The van der Waals surface area contributed by atoms with Crippen LogP contribution in [0, 0.1) is 5.82 Å². The number of likely N-dealkylation sites (N-methyl/N-ethyl adjacent to an activating group) is 1. The van der Waals surface area contributed by atoms with Gasteiger partial charge in [-0.2, -0.15) is 0 Å². The van der Waals surface area contributed by atoms with Gasteiger partial charge in [-0.25, -0.2) is 18.4 Å². The second-order valence-electron chi connectivity index (χ2n) is 6.26. The van der Waals surface area contributed by atoms with Gasteiger partial charge in [0.15, 0.2) is 0 Å². The van der Waals surface area contributed by atoms with Gasteiger partial charge in [-0.05, 0) is 49.4 Å². The molecule has 140 valence electrons. The van der Waals surface area contributed by atoms with Crippen LogP contribution in [0.2, 0.25) is 5.02 Å². The minimum Gasteiger partial charge on any atom is -0.325 e. The molecule has 1 aliphatic heterocycles. The maximum Gasteiger partial charge on any atom is 0.242 e. The van der Waals surface area contributed by atoms with E-state index in [1.54, 1.807) is 11.3 Å². The average molecular weight is 423 g/mol. The van der Waals surface area contributed by atoms with Crippen molar-refractivity contribution in [2.75, 3.05) is 12.4 Å². The lowest BCUT2D eigenvalue weighted by atomic mass is 9.99. The molecule has 1 saturated heterocycles. The fraction of sp³-hybridized carbons (Fsp3) is 0.222. The molecule has 1 aromatic heterocycles. The zero-order valence-corrected chi connectivity index (χ0v) is 16.7. The van der Waals surface area contributed by atoms with Gasteiger partial charge in [0.25, 0.3) is 0 Å². The average Bonchev–Trinajstić information content (AvgIpc) is 3.13. The van der Waals surface area contributed by atoms with Crippen LogP contribution in [0.25, 0.3) is 10.2 Å². The number of nitrogens with zero attached hydrogens (tertiary/aromatic N) is 2. The molecule has 0 saturated carbocycles. The van der Waals surface area contributed by atoms with Crippen LogP contribution in [0.4, 0.5) is 10.1 Å². The van der Waals surface area contributed by atoms with Crippen LogP contribution in [-0.4, -0.2) is 28.3 Å². The van der Waals surface area contributed by atoms with Crippen molar-refractivity contribution in [1.29, 1.82) is 0 Å². The van der Waals surface area contributed by atoms with Gasteiger partial charge in [-0.3, -0.25) is 4.79 Å². The van der Waals surface area contributed by atoms with Gasteiger partial charge in [0, 0.05) is 23.9 Å². The van der Waals surface area contributed by atoms with Gasteiger partial charge in [-0.1, -0.05) is 17.7 Å². The smallest absolute Gasteiger partial charge is 0.242 e. The summed E-state index contributed by atoms with van der Waals surface area (Å²) in [6.07, 6.45) is 0.597. The number of amides is 1. The summed E-state index contributed by atoms with van der Waals surface area (Å²) in [4.78, 5) is 17.1. The Morgan fingerprint density at radius 2 is 2.22 bits per heavy atom. The maximum absolute atomic E-state index is 13.3. The van der Waals surface area contributed by atoms with Crippen LogP contribution in [0.15, 0.2) is 41.9 Å². The van der Waals surface area contributed by atoms with E-state index < -0.39 is 5.82 Å². The molecule has 0 aliphatic carbocycles. The van der Waals surface area contributed by atoms with Gasteiger partial charge in [0.05, 0.1) is 20.7 Å². The quantitative estimate of drug-likeness (QED) is 0.603. The van der Waals surface area contributed by atoms with Gasteiger partial charge >= 0.3 is 0 Å². The van der Waals surface area contributed by atoms with Crippen molar-refractivity contribution in [2.24, 2.45) is 0 Å². The first-order valence-electron chi connectivity index (χ1n) is 8.25. The van der Waals surface area contributed by atoms with Gasteiger partial charge in [-0.15, -0.1) is 11.3 Å². The highest BCUT2D eigenvalue weighted by molar-refractivity contribution is 7.95. The number of hydrogen-bond donors (Lipinski definition) is 2. The molecule has 2 atom stereocenters. The number of fused-ring (bicyclic) bond motifs is 1. The van der Waals surface area contributed by atoms with Crippen molar-refractivity contribution in [1.82, 2.24) is 14.0 Å². The number of aromatic nitrogens is 1. The molecular formula is C18H16ClFN4OS2. The normalized spacial score (nSPS) is 20.7. The highest BCUT2D eigenvalue weighted by atomic mass is 35.5. The van der Waals surface area contributed by atoms with Crippen LogP contribution < -0.4 is 10.0 Å². The number of carbonyl (C=O) groups excluding carboxylic acids is 1. The van der Waals surface area contributed by atoms with E-state index in [1.165, 1.54) is 30.3 Å². The van der Waals surface area contributed by atoms with Crippen LogP contribution in [0.1, 0.15) is 18.0 Å². The van der Waals surface area contributed by atoms with Crippen molar-refractivity contribution in [3.05, 3.63) is 58.3 Å². The minimum absolute atomic E-state index is 0.0183. The summed E-state index contributed by atoms with van der Waals surface area (Å²) in [6, 6.07) is 10.0. The minimum atomic E-state index is -0.512. The van der Waals surface area contributed by atoms with Crippen molar-refractivity contribution < 1.29 is 9.18 Å².